The summed E-state index contributed by atoms with van der Waals surface area (Å²) in [6, 6.07) is 21.1. The lowest BCUT2D eigenvalue weighted by Gasteiger charge is -2.14. The van der Waals surface area contributed by atoms with Gasteiger partial charge in [-0.25, -0.2) is 0 Å². The summed E-state index contributed by atoms with van der Waals surface area (Å²) in [7, 11) is 1.56. The van der Waals surface area contributed by atoms with Gasteiger partial charge >= 0.3 is 0 Å². The van der Waals surface area contributed by atoms with Crippen molar-refractivity contribution in [3.8, 4) is 17.6 Å². The molecule has 0 aliphatic carbocycles. The zero-order valence-corrected chi connectivity index (χ0v) is 20.3. The molecule has 0 heterocycles. The van der Waals surface area contributed by atoms with Gasteiger partial charge in [-0.05, 0) is 83.0 Å². The van der Waals surface area contributed by atoms with Gasteiger partial charge < -0.3 is 14.8 Å². The normalized spacial score (nSPS) is 10.9. The van der Waals surface area contributed by atoms with Crippen LogP contribution in [0.4, 0.5) is 5.69 Å². The van der Waals surface area contributed by atoms with E-state index in [-0.39, 0.29) is 5.57 Å². The summed E-state index contributed by atoms with van der Waals surface area (Å²) in [6.45, 7) is 4.31. The first kappa shape index (κ1) is 23.4. The van der Waals surface area contributed by atoms with Gasteiger partial charge in [0.25, 0.3) is 5.91 Å². The number of nitrogens with one attached hydrogen (secondary N) is 1. The van der Waals surface area contributed by atoms with Crippen LogP contribution >= 0.6 is 22.6 Å². The predicted molar refractivity (Wildman–Crippen MR) is 135 cm³/mol. The fraction of sp³-hybridized carbons (Fsp3) is 0.154. The molecule has 3 rings (SSSR count). The number of amides is 1. The van der Waals surface area contributed by atoms with Crippen LogP contribution in [-0.2, 0) is 11.4 Å². The van der Waals surface area contributed by atoms with Gasteiger partial charge in [0, 0.05) is 5.69 Å². The highest BCUT2D eigenvalue weighted by atomic mass is 127. The molecule has 0 fully saturated rings. The highest BCUT2D eigenvalue weighted by Gasteiger charge is 2.15. The molecule has 162 valence electrons. The number of nitrogens with zero attached hydrogens (tertiary/aromatic N) is 1. The van der Waals surface area contributed by atoms with Crippen LogP contribution < -0.4 is 14.8 Å². The Bertz CT molecular complexity index is 1200. The van der Waals surface area contributed by atoms with Crippen LogP contribution in [0, 0.1) is 28.7 Å². The van der Waals surface area contributed by atoms with Gasteiger partial charge in [-0.1, -0.05) is 42.5 Å². The average Bonchev–Trinajstić information content (AvgIpc) is 2.80. The monoisotopic (exact) mass is 538 g/mol. The van der Waals surface area contributed by atoms with Gasteiger partial charge in [-0.2, -0.15) is 5.26 Å². The fourth-order valence-electron chi connectivity index (χ4n) is 3.08. The number of hydrogen-bond acceptors (Lipinski definition) is 4. The molecule has 5 nitrogen and oxygen atoms in total. The van der Waals surface area contributed by atoms with Gasteiger partial charge in [-0.15, -0.1) is 0 Å². The van der Waals surface area contributed by atoms with Crippen LogP contribution in [-0.4, -0.2) is 13.0 Å². The number of nitriles is 1. The molecular formula is C26H23IN2O3. The number of methoxy groups -OCH3 is 1. The van der Waals surface area contributed by atoms with Crippen molar-refractivity contribution in [2.75, 3.05) is 12.4 Å². The maximum atomic E-state index is 12.7. The highest BCUT2D eigenvalue weighted by Crippen LogP contribution is 2.35. The topological polar surface area (TPSA) is 71.3 Å². The number of halogens is 1. The van der Waals surface area contributed by atoms with E-state index in [1.165, 1.54) is 0 Å². The number of carbonyl (C=O) groups excluding carboxylic acids is 1. The summed E-state index contributed by atoms with van der Waals surface area (Å²) in [5.74, 6) is 0.693. The Morgan fingerprint density at radius 2 is 1.88 bits per heavy atom. The van der Waals surface area contributed by atoms with Gasteiger partial charge in [0.15, 0.2) is 11.5 Å². The van der Waals surface area contributed by atoms with Crippen LogP contribution in [0.15, 0.2) is 66.2 Å². The number of benzene rings is 3. The van der Waals surface area contributed by atoms with Gasteiger partial charge in [0.1, 0.15) is 18.2 Å². The van der Waals surface area contributed by atoms with Crippen LogP contribution in [0.1, 0.15) is 22.3 Å². The van der Waals surface area contributed by atoms with Crippen LogP contribution in [0.2, 0.25) is 0 Å². The first-order chi connectivity index (χ1) is 15.4. The highest BCUT2D eigenvalue weighted by molar-refractivity contribution is 14.1. The van der Waals surface area contributed by atoms with E-state index in [1.807, 2.05) is 74.5 Å². The van der Waals surface area contributed by atoms with Crippen LogP contribution in [0.25, 0.3) is 6.08 Å². The molecule has 1 N–H and O–H groups in total. The lowest BCUT2D eigenvalue weighted by molar-refractivity contribution is -0.112. The Kier molecular flexibility index (Phi) is 7.90. The maximum absolute atomic E-state index is 12.7. The molecule has 0 spiro atoms. The third-order valence-electron chi connectivity index (χ3n) is 5.01. The van der Waals surface area contributed by atoms with Crippen molar-refractivity contribution in [2.45, 2.75) is 20.5 Å². The molecule has 0 atom stereocenters. The molecule has 0 bridgehead atoms. The Morgan fingerprint density at radius 3 is 2.56 bits per heavy atom. The number of carbonyl (C=O) groups is 1. The SMILES string of the molecule is COc1cc(/C=C(/C#N)C(=O)Nc2cccc(C)c2C)cc(I)c1OCc1ccccc1. The van der Waals surface area contributed by atoms with E-state index in [1.54, 1.807) is 19.3 Å². The predicted octanol–water partition coefficient (Wildman–Crippen LogP) is 6.04. The van der Waals surface area contributed by atoms with Crippen molar-refractivity contribution in [3.05, 3.63) is 92.1 Å². The second-order valence-corrected chi connectivity index (χ2v) is 8.34. The van der Waals surface area contributed by atoms with E-state index in [4.69, 9.17) is 9.47 Å². The van der Waals surface area contributed by atoms with Crippen molar-refractivity contribution in [1.29, 1.82) is 5.26 Å². The first-order valence-electron chi connectivity index (χ1n) is 9.96. The van der Waals surface area contributed by atoms with E-state index in [9.17, 15) is 10.1 Å². The molecule has 6 heteroatoms. The van der Waals surface area contributed by atoms with Crippen molar-refractivity contribution in [2.24, 2.45) is 0 Å². The lowest BCUT2D eigenvalue weighted by Crippen LogP contribution is -2.14. The smallest absolute Gasteiger partial charge is 0.266 e. The molecule has 0 saturated heterocycles. The molecule has 0 aliphatic heterocycles. The van der Waals surface area contributed by atoms with Crippen molar-refractivity contribution >= 4 is 40.3 Å². The summed E-state index contributed by atoms with van der Waals surface area (Å²) in [5.41, 5.74) is 4.44. The standard InChI is InChI=1S/C26H23IN2O3/c1-17-8-7-11-23(18(17)2)29-26(30)21(15-28)12-20-13-22(27)25(24(14-20)31-3)32-16-19-9-5-4-6-10-19/h4-14H,16H2,1-3H3,(H,29,30)/b21-12-. The van der Waals surface area contributed by atoms with Crippen molar-refractivity contribution in [1.82, 2.24) is 0 Å². The van der Waals surface area contributed by atoms with E-state index >= 15 is 0 Å². The molecule has 0 saturated carbocycles. The molecule has 0 radical (unpaired) electrons. The molecule has 0 unspecified atom stereocenters. The first-order valence-corrected chi connectivity index (χ1v) is 11.0. The van der Waals surface area contributed by atoms with Crippen molar-refractivity contribution in [3.63, 3.8) is 0 Å². The van der Waals surface area contributed by atoms with Crippen molar-refractivity contribution < 1.29 is 14.3 Å². The largest absolute Gasteiger partial charge is 0.493 e. The minimum absolute atomic E-state index is 0.00159. The number of hydrogen-bond donors (Lipinski definition) is 1. The fourth-order valence-corrected chi connectivity index (χ4v) is 3.87. The van der Waals surface area contributed by atoms with E-state index < -0.39 is 5.91 Å². The molecule has 3 aromatic rings. The van der Waals surface area contributed by atoms with E-state index in [0.717, 1.165) is 20.3 Å². The summed E-state index contributed by atoms with van der Waals surface area (Å²) in [6.07, 6.45) is 1.55. The van der Waals surface area contributed by atoms with E-state index in [0.29, 0.717) is 29.4 Å². The molecule has 32 heavy (non-hydrogen) atoms. The molecule has 3 aromatic carbocycles. The number of anilines is 1. The van der Waals surface area contributed by atoms with Gasteiger partial charge in [-0.3, -0.25) is 4.79 Å². The minimum Gasteiger partial charge on any atom is -0.493 e. The lowest BCUT2D eigenvalue weighted by atomic mass is 10.1. The Morgan fingerprint density at radius 1 is 1.12 bits per heavy atom. The van der Waals surface area contributed by atoms with Crippen LogP contribution in [0.5, 0.6) is 11.5 Å². The molecule has 1 amide bonds. The van der Waals surface area contributed by atoms with E-state index in [2.05, 4.69) is 27.9 Å². The van der Waals surface area contributed by atoms with Crippen LogP contribution in [0.3, 0.4) is 0 Å². The zero-order valence-electron chi connectivity index (χ0n) is 18.1. The molecule has 0 aromatic heterocycles. The third-order valence-corrected chi connectivity index (χ3v) is 5.81. The Labute approximate surface area is 201 Å². The molecule has 0 aliphatic rings. The van der Waals surface area contributed by atoms with Gasteiger partial charge in [0.2, 0.25) is 0 Å². The zero-order chi connectivity index (χ0) is 23.1. The maximum Gasteiger partial charge on any atom is 0.266 e. The summed E-state index contributed by atoms with van der Waals surface area (Å²) < 4.78 is 12.3. The van der Waals surface area contributed by atoms with Gasteiger partial charge in [0.05, 0.1) is 10.7 Å². The second kappa shape index (κ2) is 10.8. The number of rotatable bonds is 7. The summed E-state index contributed by atoms with van der Waals surface area (Å²) in [5, 5.41) is 12.4. The second-order valence-electron chi connectivity index (χ2n) is 7.18. The Balaban J connectivity index is 1.84. The quantitative estimate of drug-likeness (QED) is 0.226. The minimum atomic E-state index is -0.459. The summed E-state index contributed by atoms with van der Waals surface area (Å²) in [4.78, 5) is 12.7. The summed E-state index contributed by atoms with van der Waals surface area (Å²) >= 11 is 2.16. The number of ether oxygens (including phenoxy) is 2. The average molecular weight is 538 g/mol. The number of aryl methyl sites for hydroxylation is 1. The molecular weight excluding hydrogens is 515 g/mol. The Hall–Kier alpha value is -3.31. The third kappa shape index (κ3) is 5.68.